The number of aromatic amines is 1. The van der Waals surface area contributed by atoms with Crippen molar-refractivity contribution < 1.29 is 13.2 Å². The first-order valence-corrected chi connectivity index (χ1v) is 9.05. The molecule has 0 radical (unpaired) electrons. The van der Waals surface area contributed by atoms with Crippen molar-refractivity contribution >= 4 is 10.0 Å². The van der Waals surface area contributed by atoms with Crippen molar-refractivity contribution in [3.8, 4) is 0 Å². The summed E-state index contributed by atoms with van der Waals surface area (Å²) in [6.45, 7) is 5.68. The predicted octanol–water partition coefficient (Wildman–Crippen LogP) is 1.22. The summed E-state index contributed by atoms with van der Waals surface area (Å²) in [5, 5.41) is 3.24. The van der Waals surface area contributed by atoms with E-state index < -0.39 is 10.0 Å². The summed E-state index contributed by atoms with van der Waals surface area (Å²) in [5.41, 5.74) is 0.882. The lowest BCUT2D eigenvalue weighted by atomic mass is 10.1. The summed E-state index contributed by atoms with van der Waals surface area (Å²) in [5.74, 6) is 0.479. The molecule has 120 valence electrons. The zero-order chi connectivity index (χ0) is 15.1. The average Bonchev–Trinajstić information content (AvgIpc) is 3.10. The Balaban J connectivity index is 1.80. The predicted molar refractivity (Wildman–Crippen MR) is 81.5 cm³/mol. The van der Waals surface area contributed by atoms with Crippen molar-refractivity contribution in [3.05, 3.63) is 18.0 Å². The third-order valence-corrected chi connectivity index (χ3v) is 5.08. The maximum absolute atomic E-state index is 12.2. The molecule has 2 heterocycles. The van der Waals surface area contributed by atoms with E-state index in [0.717, 1.165) is 44.7 Å². The maximum Gasteiger partial charge on any atom is 0.242 e. The normalized spacial score (nSPS) is 19.2. The molecule has 3 N–H and O–H groups in total. The Morgan fingerprint density at radius 1 is 1.43 bits per heavy atom. The molecule has 1 aliphatic rings. The van der Waals surface area contributed by atoms with Crippen LogP contribution in [0.2, 0.25) is 0 Å². The lowest BCUT2D eigenvalue weighted by Gasteiger charge is -2.08. The molecule has 7 heteroatoms. The van der Waals surface area contributed by atoms with Crippen LogP contribution in [-0.4, -0.2) is 39.7 Å². The van der Waals surface area contributed by atoms with Crippen LogP contribution in [0.5, 0.6) is 0 Å². The van der Waals surface area contributed by atoms with E-state index in [1.54, 1.807) is 12.3 Å². The van der Waals surface area contributed by atoms with Gasteiger partial charge in [-0.1, -0.05) is 6.92 Å². The highest BCUT2D eigenvalue weighted by atomic mass is 32.2. The van der Waals surface area contributed by atoms with Crippen LogP contribution in [0.15, 0.2) is 17.2 Å². The van der Waals surface area contributed by atoms with Gasteiger partial charge in [0.05, 0.1) is 4.90 Å². The van der Waals surface area contributed by atoms with E-state index in [4.69, 9.17) is 4.74 Å². The third-order valence-electron chi connectivity index (χ3n) is 3.64. The molecule has 1 fully saturated rings. The van der Waals surface area contributed by atoms with Gasteiger partial charge in [-0.25, -0.2) is 13.1 Å². The van der Waals surface area contributed by atoms with Crippen molar-refractivity contribution in [3.63, 3.8) is 0 Å². The summed E-state index contributed by atoms with van der Waals surface area (Å²) in [6, 6.07) is 1.68. The summed E-state index contributed by atoms with van der Waals surface area (Å²) >= 11 is 0. The topological polar surface area (TPSA) is 83.2 Å². The fourth-order valence-electron chi connectivity index (χ4n) is 2.37. The van der Waals surface area contributed by atoms with Gasteiger partial charge in [0.2, 0.25) is 10.0 Å². The first-order chi connectivity index (χ1) is 10.1. The molecule has 1 aromatic rings. The molecule has 0 spiro atoms. The number of rotatable bonds is 9. The molecule has 21 heavy (non-hydrogen) atoms. The molecule has 0 bridgehead atoms. The first kappa shape index (κ1) is 16.5. The van der Waals surface area contributed by atoms with Crippen molar-refractivity contribution in [2.45, 2.75) is 37.6 Å². The van der Waals surface area contributed by atoms with Gasteiger partial charge in [0.25, 0.3) is 0 Å². The fourth-order valence-corrected chi connectivity index (χ4v) is 3.43. The second-order valence-corrected chi connectivity index (χ2v) is 7.22. The van der Waals surface area contributed by atoms with E-state index in [2.05, 4.69) is 21.9 Å². The van der Waals surface area contributed by atoms with E-state index >= 15 is 0 Å². The number of nitrogens with one attached hydrogen (secondary N) is 3. The van der Waals surface area contributed by atoms with Gasteiger partial charge in [0, 0.05) is 38.2 Å². The summed E-state index contributed by atoms with van der Waals surface area (Å²) < 4.78 is 32.3. The number of ether oxygens (including phenoxy) is 1. The number of hydrogen-bond acceptors (Lipinski definition) is 4. The van der Waals surface area contributed by atoms with Gasteiger partial charge < -0.3 is 15.0 Å². The molecule has 1 unspecified atom stereocenters. The highest BCUT2D eigenvalue weighted by molar-refractivity contribution is 7.89. The molecule has 0 aliphatic carbocycles. The molecule has 1 aliphatic heterocycles. The first-order valence-electron chi connectivity index (χ1n) is 7.57. The molecule has 0 aromatic carbocycles. The minimum Gasteiger partial charge on any atom is -0.381 e. The Hall–Kier alpha value is -0.890. The third kappa shape index (κ3) is 5.10. The molecular weight excluding hydrogens is 290 g/mol. The van der Waals surface area contributed by atoms with Crippen LogP contribution in [-0.2, 0) is 21.3 Å². The van der Waals surface area contributed by atoms with Crippen molar-refractivity contribution in [1.29, 1.82) is 0 Å². The monoisotopic (exact) mass is 315 g/mol. The smallest absolute Gasteiger partial charge is 0.242 e. The number of aromatic nitrogens is 1. The van der Waals surface area contributed by atoms with Crippen LogP contribution < -0.4 is 10.0 Å². The maximum atomic E-state index is 12.2. The lowest BCUT2D eigenvalue weighted by Crippen LogP contribution is -2.26. The molecule has 2 rings (SSSR count). The quantitative estimate of drug-likeness (QED) is 0.598. The molecular formula is C14H25N3O3S. The van der Waals surface area contributed by atoms with Crippen LogP contribution in [0.25, 0.3) is 0 Å². The van der Waals surface area contributed by atoms with Crippen molar-refractivity contribution in [2.75, 3.05) is 26.3 Å². The minimum absolute atomic E-state index is 0.304. The highest BCUT2D eigenvalue weighted by Crippen LogP contribution is 2.16. The van der Waals surface area contributed by atoms with E-state index in [1.165, 1.54) is 0 Å². The van der Waals surface area contributed by atoms with E-state index in [1.807, 2.05) is 0 Å². The molecule has 1 aromatic heterocycles. The standard InChI is InChI=1S/C14H25N3O3S/c1-2-5-15-9-13-8-14(10-16-13)21(18,19)17-6-3-12-4-7-20-11-12/h8,10,12,15-17H,2-7,9,11H2,1H3. The fraction of sp³-hybridized carbons (Fsp3) is 0.714. The van der Waals surface area contributed by atoms with Gasteiger partial charge >= 0.3 is 0 Å². The zero-order valence-electron chi connectivity index (χ0n) is 12.5. The molecule has 0 saturated carbocycles. The number of hydrogen-bond donors (Lipinski definition) is 3. The molecule has 6 nitrogen and oxygen atoms in total. The van der Waals surface area contributed by atoms with Gasteiger partial charge in [-0.15, -0.1) is 0 Å². The Morgan fingerprint density at radius 2 is 2.29 bits per heavy atom. The van der Waals surface area contributed by atoms with Gasteiger partial charge in [0.1, 0.15) is 0 Å². The van der Waals surface area contributed by atoms with Crippen LogP contribution in [0.3, 0.4) is 0 Å². The van der Waals surface area contributed by atoms with E-state index in [0.29, 0.717) is 23.9 Å². The van der Waals surface area contributed by atoms with Crippen LogP contribution in [0, 0.1) is 5.92 Å². The second kappa shape index (κ2) is 7.93. The Bertz CT molecular complexity index is 521. The van der Waals surface area contributed by atoms with Crippen LogP contribution >= 0.6 is 0 Å². The Morgan fingerprint density at radius 3 is 3.00 bits per heavy atom. The number of sulfonamides is 1. The lowest BCUT2D eigenvalue weighted by molar-refractivity contribution is 0.184. The molecule has 1 atom stereocenters. The number of H-pyrrole nitrogens is 1. The molecule has 1 saturated heterocycles. The van der Waals surface area contributed by atoms with Gasteiger partial charge in [-0.05, 0) is 37.8 Å². The zero-order valence-corrected chi connectivity index (χ0v) is 13.3. The average molecular weight is 315 g/mol. The van der Waals surface area contributed by atoms with Crippen LogP contribution in [0.4, 0.5) is 0 Å². The van der Waals surface area contributed by atoms with Crippen molar-refractivity contribution in [1.82, 2.24) is 15.0 Å². The largest absolute Gasteiger partial charge is 0.381 e. The van der Waals surface area contributed by atoms with Crippen molar-refractivity contribution in [2.24, 2.45) is 5.92 Å². The van der Waals surface area contributed by atoms with Crippen LogP contribution in [0.1, 0.15) is 31.9 Å². The SMILES string of the molecule is CCCNCc1cc(S(=O)(=O)NCCC2CCOC2)c[nH]1. The Kier molecular flexibility index (Phi) is 6.22. The van der Waals surface area contributed by atoms with E-state index in [9.17, 15) is 8.42 Å². The second-order valence-electron chi connectivity index (χ2n) is 5.45. The van der Waals surface area contributed by atoms with E-state index in [-0.39, 0.29) is 0 Å². The summed E-state index contributed by atoms with van der Waals surface area (Å²) in [6.07, 6.45) is 4.45. The highest BCUT2D eigenvalue weighted by Gasteiger charge is 2.19. The van der Waals surface area contributed by atoms with Gasteiger partial charge in [-0.2, -0.15) is 0 Å². The van der Waals surface area contributed by atoms with Gasteiger partial charge in [-0.3, -0.25) is 0 Å². The molecule has 0 amide bonds. The Labute approximate surface area is 126 Å². The summed E-state index contributed by atoms with van der Waals surface area (Å²) in [4.78, 5) is 3.30. The minimum atomic E-state index is -3.41. The summed E-state index contributed by atoms with van der Waals surface area (Å²) in [7, 11) is -3.41. The van der Waals surface area contributed by atoms with Gasteiger partial charge in [0.15, 0.2) is 0 Å².